The molecule has 0 saturated carbocycles. The van der Waals surface area contributed by atoms with Crippen molar-refractivity contribution in [3.8, 4) is 0 Å². The summed E-state index contributed by atoms with van der Waals surface area (Å²) in [6.07, 6.45) is 2.85. The van der Waals surface area contributed by atoms with Gasteiger partial charge >= 0.3 is 0 Å². The lowest BCUT2D eigenvalue weighted by Crippen LogP contribution is -2.29. The van der Waals surface area contributed by atoms with Gasteiger partial charge in [0.05, 0.1) is 0 Å². The van der Waals surface area contributed by atoms with Crippen LogP contribution in [-0.2, 0) is 0 Å². The fourth-order valence-electron chi connectivity index (χ4n) is 2.03. The lowest BCUT2D eigenvalue weighted by molar-refractivity contribution is 0.373. The average Bonchev–Trinajstić information content (AvgIpc) is 2.29. The zero-order valence-corrected chi connectivity index (χ0v) is 10.3. The third kappa shape index (κ3) is 4.06. The summed E-state index contributed by atoms with van der Waals surface area (Å²) in [5, 5.41) is 0. The smallest absolute Gasteiger partial charge is 0.126 e. The van der Waals surface area contributed by atoms with Crippen LogP contribution in [-0.4, -0.2) is 0 Å². The summed E-state index contributed by atoms with van der Waals surface area (Å²) in [6, 6.07) is 3.32. The van der Waals surface area contributed by atoms with E-state index in [4.69, 9.17) is 5.84 Å². The van der Waals surface area contributed by atoms with Crippen molar-refractivity contribution in [1.29, 1.82) is 0 Å². The molecule has 1 unspecified atom stereocenters. The highest BCUT2D eigenvalue weighted by atomic mass is 19.1. The minimum Gasteiger partial charge on any atom is -0.271 e. The van der Waals surface area contributed by atoms with Crippen LogP contribution < -0.4 is 11.3 Å². The van der Waals surface area contributed by atoms with Gasteiger partial charge < -0.3 is 0 Å². The summed E-state index contributed by atoms with van der Waals surface area (Å²) in [5.41, 5.74) is 3.21. The van der Waals surface area contributed by atoms with E-state index in [1.54, 1.807) is 0 Å². The maximum Gasteiger partial charge on any atom is 0.126 e. The molecule has 0 bridgehead atoms. The topological polar surface area (TPSA) is 38.0 Å². The molecule has 1 aromatic rings. The molecule has 0 spiro atoms. The molecule has 2 nitrogen and oxygen atoms in total. The van der Waals surface area contributed by atoms with E-state index >= 15 is 0 Å². The molecular weight excluding hydrogens is 222 g/mol. The van der Waals surface area contributed by atoms with Gasteiger partial charge in [-0.3, -0.25) is 11.3 Å². The van der Waals surface area contributed by atoms with Gasteiger partial charge in [0.1, 0.15) is 11.6 Å². The van der Waals surface area contributed by atoms with Crippen LogP contribution in [0.5, 0.6) is 0 Å². The van der Waals surface area contributed by atoms with E-state index in [0.29, 0.717) is 11.5 Å². The van der Waals surface area contributed by atoms with Gasteiger partial charge in [0, 0.05) is 12.1 Å². The zero-order valence-electron chi connectivity index (χ0n) is 10.3. The SMILES string of the molecule is CCC(CC)CC(NN)c1cc(F)cc(F)c1. The maximum atomic E-state index is 13.1. The van der Waals surface area contributed by atoms with Crippen molar-refractivity contribution in [1.82, 2.24) is 5.43 Å². The molecule has 17 heavy (non-hydrogen) atoms. The first-order chi connectivity index (χ1) is 8.10. The molecule has 3 N–H and O–H groups in total. The molecular formula is C13H20F2N2. The Labute approximate surface area is 101 Å². The number of nitrogens with one attached hydrogen (secondary N) is 1. The molecule has 0 saturated heterocycles. The first-order valence-corrected chi connectivity index (χ1v) is 6.02. The van der Waals surface area contributed by atoms with Crippen molar-refractivity contribution < 1.29 is 8.78 Å². The van der Waals surface area contributed by atoms with Crippen LogP contribution in [0.1, 0.15) is 44.7 Å². The van der Waals surface area contributed by atoms with Crippen molar-refractivity contribution in [3.63, 3.8) is 0 Å². The van der Waals surface area contributed by atoms with Crippen molar-refractivity contribution in [2.24, 2.45) is 11.8 Å². The zero-order chi connectivity index (χ0) is 12.8. The second-order valence-corrected chi connectivity index (χ2v) is 4.34. The molecule has 0 heterocycles. The van der Waals surface area contributed by atoms with E-state index in [-0.39, 0.29) is 6.04 Å². The van der Waals surface area contributed by atoms with Gasteiger partial charge in [0.25, 0.3) is 0 Å². The van der Waals surface area contributed by atoms with E-state index in [0.717, 1.165) is 25.3 Å². The highest BCUT2D eigenvalue weighted by molar-refractivity contribution is 5.21. The summed E-state index contributed by atoms with van der Waals surface area (Å²) < 4.78 is 26.2. The van der Waals surface area contributed by atoms with Crippen LogP contribution in [0.25, 0.3) is 0 Å². The third-order valence-corrected chi connectivity index (χ3v) is 3.21. The summed E-state index contributed by atoms with van der Waals surface area (Å²) in [5.74, 6) is 4.84. The molecule has 0 amide bonds. The minimum absolute atomic E-state index is 0.204. The van der Waals surface area contributed by atoms with Crippen LogP contribution in [0, 0.1) is 17.6 Å². The monoisotopic (exact) mass is 242 g/mol. The molecule has 0 radical (unpaired) electrons. The summed E-state index contributed by atoms with van der Waals surface area (Å²) in [7, 11) is 0. The van der Waals surface area contributed by atoms with Crippen LogP contribution in [0.4, 0.5) is 8.78 Å². The van der Waals surface area contributed by atoms with Crippen LogP contribution in [0.2, 0.25) is 0 Å². The Morgan fingerprint density at radius 3 is 2.06 bits per heavy atom. The number of hydrogen-bond acceptors (Lipinski definition) is 2. The molecule has 1 atom stereocenters. The average molecular weight is 242 g/mol. The Balaban J connectivity index is 2.85. The lowest BCUT2D eigenvalue weighted by atomic mass is 9.91. The minimum atomic E-state index is -0.565. The Bertz CT molecular complexity index is 331. The number of benzene rings is 1. The van der Waals surface area contributed by atoms with E-state index < -0.39 is 11.6 Å². The number of halogens is 2. The maximum absolute atomic E-state index is 13.1. The Morgan fingerprint density at radius 2 is 1.65 bits per heavy atom. The van der Waals surface area contributed by atoms with Gasteiger partial charge in [-0.15, -0.1) is 0 Å². The number of hydrogen-bond donors (Lipinski definition) is 2. The van der Waals surface area contributed by atoms with Gasteiger partial charge in [-0.05, 0) is 30.0 Å². The quantitative estimate of drug-likeness (QED) is 0.593. The Hall–Kier alpha value is -1.00. The second-order valence-electron chi connectivity index (χ2n) is 4.34. The fourth-order valence-corrected chi connectivity index (χ4v) is 2.03. The number of rotatable bonds is 6. The van der Waals surface area contributed by atoms with Crippen molar-refractivity contribution >= 4 is 0 Å². The van der Waals surface area contributed by atoms with Crippen LogP contribution in [0.3, 0.4) is 0 Å². The van der Waals surface area contributed by atoms with Gasteiger partial charge in [-0.2, -0.15) is 0 Å². The fraction of sp³-hybridized carbons (Fsp3) is 0.538. The molecule has 0 aliphatic heterocycles. The summed E-state index contributed by atoms with van der Waals surface area (Å²) in [6.45, 7) is 4.21. The predicted molar refractivity (Wildman–Crippen MR) is 65.1 cm³/mol. The molecule has 0 fully saturated rings. The molecule has 1 aromatic carbocycles. The van der Waals surface area contributed by atoms with Crippen LogP contribution in [0.15, 0.2) is 18.2 Å². The summed E-state index contributed by atoms with van der Waals surface area (Å²) in [4.78, 5) is 0. The normalized spacial score (nSPS) is 13.1. The van der Waals surface area contributed by atoms with Gasteiger partial charge in [-0.1, -0.05) is 26.7 Å². The van der Waals surface area contributed by atoms with Crippen molar-refractivity contribution in [2.45, 2.75) is 39.2 Å². The second kappa shape index (κ2) is 6.67. The Morgan fingerprint density at radius 1 is 1.12 bits per heavy atom. The lowest BCUT2D eigenvalue weighted by Gasteiger charge is -2.21. The Kier molecular flexibility index (Phi) is 5.51. The summed E-state index contributed by atoms with van der Waals surface area (Å²) >= 11 is 0. The first kappa shape index (κ1) is 14.1. The highest BCUT2D eigenvalue weighted by Crippen LogP contribution is 2.25. The molecule has 4 heteroatoms. The molecule has 0 aliphatic carbocycles. The third-order valence-electron chi connectivity index (χ3n) is 3.21. The van der Waals surface area contributed by atoms with Gasteiger partial charge in [0.2, 0.25) is 0 Å². The van der Waals surface area contributed by atoms with E-state index in [1.807, 2.05) is 0 Å². The van der Waals surface area contributed by atoms with Crippen molar-refractivity contribution in [3.05, 3.63) is 35.4 Å². The predicted octanol–water partition coefficient (Wildman–Crippen LogP) is 3.30. The van der Waals surface area contributed by atoms with Crippen molar-refractivity contribution in [2.75, 3.05) is 0 Å². The standard InChI is InChI=1S/C13H20F2N2/c1-3-9(4-2)5-13(17-16)10-6-11(14)8-12(15)7-10/h6-9,13,17H,3-5,16H2,1-2H3. The van der Waals surface area contributed by atoms with Gasteiger partial charge in [0.15, 0.2) is 0 Å². The molecule has 0 aliphatic rings. The van der Waals surface area contributed by atoms with E-state index in [9.17, 15) is 8.78 Å². The first-order valence-electron chi connectivity index (χ1n) is 6.02. The number of hydrazine groups is 1. The molecule has 1 rings (SSSR count). The van der Waals surface area contributed by atoms with E-state index in [2.05, 4.69) is 19.3 Å². The van der Waals surface area contributed by atoms with E-state index in [1.165, 1.54) is 12.1 Å². The van der Waals surface area contributed by atoms with Gasteiger partial charge in [-0.25, -0.2) is 8.78 Å². The van der Waals surface area contributed by atoms with Crippen LogP contribution >= 0.6 is 0 Å². The largest absolute Gasteiger partial charge is 0.271 e. The highest BCUT2D eigenvalue weighted by Gasteiger charge is 2.16. The molecule has 96 valence electrons. The number of nitrogens with two attached hydrogens (primary N) is 1. The molecule has 0 aromatic heterocycles.